The Balaban J connectivity index is 2.09. The van der Waals surface area contributed by atoms with E-state index in [9.17, 15) is 5.11 Å². The molecule has 3 nitrogen and oxygen atoms in total. The Labute approximate surface area is 211 Å². The van der Waals surface area contributed by atoms with E-state index in [1.807, 2.05) is 60.7 Å². The maximum Gasteiger partial charge on any atom is 0.165 e. The Kier molecular flexibility index (Phi) is 10.3. The second-order valence-corrected chi connectivity index (χ2v) is 9.02. The largest absolute Gasteiger partial charge is 0.511 e. The number of allylic oxidation sites excluding steroid dienone is 2. The van der Waals surface area contributed by atoms with Gasteiger partial charge in [0.15, 0.2) is 11.5 Å². The molecule has 0 aliphatic heterocycles. The van der Waals surface area contributed by atoms with Crippen molar-refractivity contribution in [1.29, 1.82) is 0 Å². The quantitative estimate of drug-likeness (QED) is 0.145. The van der Waals surface area contributed by atoms with Crippen LogP contribution in [-0.4, -0.2) is 19.3 Å². The zero-order chi connectivity index (χ0) is 24.9. The van der Waals surface area contributed by atoms with Crippen molar-refractivity contribution in [2.45, 2.75) is 63.7 Å². The lowest BCUT2D eigenvalue weighted by molar-refractivity contribution is 0.322. The summed E-state index contributed by atoms with van der Waals surface area (Å²) in [6.45, 7) is 2.25. The van der Waals surface area contributed by atoms with Crippen molar-refractivity contribution in [2.75, 3.05) is 14.2 Å². The van der Waals surface area contributed by atoms with Crippen molar-refractivity contribution in [3.63, 3.8) is 0 Å². The van der Waals surface area contributed by atoms with Gasteiger partial charge in [-0.3, -0.25) is 0 Å². The Morgan fingerprint density at radius 1 is 0.714 bits per heavy atom. The average molecular weight is 473 g/mol. The first-order valence-corrected chi connectivity index (χ1v) is 12.9. The highest BCUT2D eigenvalue weighted by Crippen LogP contribution is 2.50. The van der Waals surface area contributed by atoms with E-state index in [1.54, 1.807) is 14.2 Å². The summed E-state index contributed by atoms with van der Waals surface area (Å²) in [5.74, 6) is 1.58. The number of benzene rings is 3. The molecule has 0 aliphatic rings. The molecule has 0 heterocycles. The van der Waals surface area contributed by atoms with Gasteiger partial charge in [0.25, 0.3) is 0 Å². The number of rotatable bonds is 14. The number of aliphatic hydroxyl groups excluding tert-OH is 1. The molecule has 186 valence electrons. The van der Waals surface area contributed by atoms with Gasteiger partial charge in [0.2, 0.25) is 0 Å². The van der Waals surface area contributed by atoms with Gasteiger partial charge < -0.3 is 14.6 Å². The van der Waals surface area contributed by atoms with E-state index in [2.05, 4.69) is 31.2 Å². The molecule has 0 radical (unpaired) electrons. The molecule has 0 amide bonds. The SMILES string of the molecule is CCCCCCCCCC=C(O)C(c1ccccc1)(c1ccccc1)c1cccc(OC)c1OC. The van der Waals surface area contributed by atoms with Crippen molar-refractivity contribution in [3.05, 3.63) is 107 Å². The number of methoxy groups -OCH3 is 2. The van der Waals surface area contributed by atoms with Crippen LogP contribution in [0, 0.1) is 0 Å². The molecule has 0 aromatic heterocycles. The summed E-state index contributed by atoms with van der Waals surface area (Å²) in [5, 5.41) is 11.9. The van der Waals surface area contributed by atoms with Gasteiger partial charge in [-0.15, -0.1) is 0 Å². The zero-order valence-electron chi connectivity index (χ0n) is 21.5. The molecule has 3 rings (SSSR count). The minimum Gasteiger partial charge on any atom is -0.511 e. The van der Waals surface area contributed by atoms with Gasteiger partial charge in [-0.05, 0) is 36.1 Å². The van der Waals surface area contributed by atoms with Crippen LogP contribution in [-0.2, 0) is 5.41 Å². The van der Waals surface area contributed by atoms with Crippen LogP contribution in [0.3, 0.4) is 0 Å². The molecule has 3 heteroatoms. The highest BCUT2D eigenvalue weighted by Gasteiger charge is 2.43. The fraction of sp³-hybridized carbons (Fsp3) is 0.375. The van der Waals surface area contributed by atoms with Crippen LogP contribution < -0.4 is 9.47 Å². The molecule has 0 saturated carbocycles. The van der Waals surface area contributed by atoms with E-state index in [1.165, 1.54) is 38.5 Å². The van der Waals surface area contributed by atoms with Crippen molar-refractivity contribution in [3.8, 4) is 11.5 Å². The molecule has 35 heavy (non-hydrogen) atoms. The van der Waals surface area contributed by atoms with Crippen molar-refractivity contribution in [2.24, 2.45) is 0 Å². The number of ether oxygens (including phenoxy) is 2. The zero-order valence-corrected chi connectivity index (χ0v) is 21.5. The standard InChI is InChI=1S/C32H40O3/c1-4-5-6-7-8-9-10-17-25-30(33)32(26-19-13-11-14-20-26,27-21-15-12-16-22-27)28-23-18-24-29(34-2)31(28)35-3/h11-16,18-25,33H,4-10,17H2,1-3H3. The molecule has 0 saturated heterocycles. The van der Waals surface area contributed by atoms with E-state index >= 15 is 0 Å². The Bertz CT molecular complexity index is 1000. The van der Waals surface area contributed by atoms with E-state index < -0.39 is 5.41 Å². The van der Waals surface area contributed by atoms with Gasteiger partial charge in [-0.2, -0.15) is 0 Å². The van der Waals surface area contributed by atoms with Crippen LogP contribution in [0.15, 0.2) is 90.7 Å². The van der Waals surface area contributed by atoms with Gasteiger partial charge in [0, 0.05) is 5.56 Å². The van der Waals surface area contributed by atoms with E-state index in [4.69, 9.17) is 9.47 Å². The summed E-state index contributed by atoms with van der Waals surface area (Å²) in [6, 6.07) is 26.2. The van der Waals surface area contributed by atoms with E-state index in [0.717, 1.165) is 29.5 Å². The first kappa shape index (κ1) is 26.4. The molecule has 3 aromatic carbocycles. The molecule has 0 unspecified atom stereocenters. The first-order chi connectivity index (χ1) is 17.2. The number of aliphatic hydroxyl groups is 1. The van der Waals surface area contributed by atoms with Crippen molar-refractivity contribution in [1.82, 2.24) is 0 Å². The third-order valence-corrected chi connectivity index (χ3v) is 6.75. The van der Waals surface area contributed by atoms with E-state index in [0.29, 0.717) is 17.3 Å². The van der Waals surface area contributed by atoms with Crippen LogP contribution in [0.5, 0.6) is 11.5 Å². The van der Waals surface area contributed by atoms with Gasteiger partial charge in [0.1, 0.15) is 11.2 Å². The highest BCUT2D eigenvalue weighted by molar-refractivity contribution is 5.63. The highest BCUT2D eigenvalue weighted by atomic mass is 16.5. The second-order valence-electron chi connectivity index (χ2n) is 9.02. The lowest BCUT2D eigenvalue weighted by Gasteiger charge is -2.36. The predicted octanol–water partition coefficient (Wildman–Crippen LogP) is 8.62. The normalized spacial score (nSPS) is 11.9. The van der Waals surface area contributed by atoms with Crippen LogP contribution >= 0.6 is 0 Å². The predicted molar refractivity (Wildman–Crippen MR) is 146 cm³/mol. The van der Waals surface area contributed by atoms with Gasteiger partial charge in [0.05, 0.1) is 14.2 Å². The van der Waals surface area contributed by atoms with Gasteiger partial charge in [-0.25, -0.2) is 0 Å². The fourth-order valence-corrected chi connectivity index (χ4v) is 4.96. The molecular formula is C32H40O3. The number of unbranched alkanes of at least 4 members (excludes halogenated alkanes) is 7. The molecule has 0 spiro atoms. The molecule has 3 aromatic rings. The molecule has 0 fully saturated rings. The van der Waals surface area contributed by atoms with Gasteiger partial charge in [-0.1, -0.05) is 118 Å². The maximum absolute atomic E-state index is 11.9. The molecular weight excluding hydrogens is 432 g/mol. The topological polar surface area (TPSA) is 38.7 Å². The lowest BCUT2D eigenvalue weighted by Crippen LogP contribution is -2.32. The number of hydrogen-bond donors (Lipinski definition) is 1. The number of para-hydroxylation sites is 1. The van der Waals surface area contributed by atoms with Crippen LogP contribution in [0.1, 0.15) is 75.0 Å². The van der Waals surface area contributed by atoms with E-state index in [-0.39, 0.29) is 0 Å². The fourth-order valence-electron chi connectivity index (χ4n) is 4.96. The summed E-state index contributed by atoms with van der Waals surface area (Å²) in [6.07, 6.45) is 11.5. The van der Waals surface area contributed by atoms with Crippen molar-refractivity contribution < 1.29 is 14.6 Å². The minimum atomic E-state index is -0.927. The molecule has 0 bridgehead atoms. The Hall–Kier alpha value is -3.20. The third-order valence-electron chi connectivity index (χ3n) is 6.75. The molecule has 1 N–H and O–H groups in total. The summed E-state index contributed by atoms with van der Waals surface area (Å²) >= 11 is 0. The number of hydrogen-bond acceptors (Lipinski definition) is 3. The Morgan fingerprint density at radius 3 is 1.83 bits per heavy atom. The first-order valence-electron chi connectivity index (χ1n) is 12.9. The molecule has 0 aliphatic carbocycles. The van der Waals surface area contributed by atoms with Crippen molar-refractivity contribution >= 4 is 0 Å². The lowest BCUT2D eigenvalue weighted by atomic mass is 9.67. The average Bonchev–Trinajstić information content (AvgIpc) is 2.91. The monoisotopic (exact) mass is 472 g/mol. The summed E-state index contributed by atoms with van der Waals surface area (Å²) in [7, 11) is 3.30. The smallest absolute Gasteiger partial charge is 0.165 e. The summed E-state index contributed by atoms with van der Waals surface area (Å²) < 4.78 is 11.5. The molecule has 0 atom stereocenters. The maximum atomic E-state index is 11.9. The van der Waals surface area contributed by atoms with Crippen LogP contribution in [0.25, 0.3) is 0 Å². The van der Waals surface area contributed by atoms with Crippen LogP contribution in [0.4, 0.5) is 0 Å². The van der Waals surface area contributed by atoms with Crippen LogP contribution in [0.2, 0.25) is 0 Å². The second kappa shape index (κ2) is 13.6. The Morgan fingerprint density at radius 2 is 1.29 bits per heavy atom. The minimum absolute atomic E-state index is 0.312. The van der Waals surface area contributed by atoms with Gasteiger partial charge >= 0.3 is 0 Å². The summed E-state index contributed by atoms with van der Waals surface area (Å²) in [5.41, 5.74) is 1.88. The summed E-state index contributed by atoms with van der Waals surface area (Å²) in [4.78, 5) is 0. The third kappa shape index (κ3) is 6.08.